The Morgan fingerprint density at radius 3 is 2.65 bits per heavy atom. The molecule has 1 N–H and O–H groups in total. The molecule has 1 aromatic rings. The number of rotatable bonds is 6. The van der Waals surface area contributed by atoms with E-state index in [4.69, 9.17) is 21.4 Å². The number of hydrogen-bond acceptors (Lipinski definition) is 4. The zero-order valence-corrected chi connectivity index (χ0v) is 14.0. The first-order valence-corrected chi connectivity index (χ1v) is 8.08. The summed E-state index contributed by atoms with van der Waals surface area (Å²) in [7, 11) is 0. The maximum atomic E-state index is 12.9. The predicted octanol–water partition coefficient (Wildman–Crippen LogP) is 3.59. The van der Waals surface area contributed by atoms with Crippen molar-refractivity contribution in [2.24, 2.45) is 4.99 Å². The minimum Gasteiger partial charge on any atom is -0.481 e. The molecule has 0 fully saturated rings. The molecule has 1 heterocycles. The van der Waals surface area contributed by atoms with E-state index in [9.17, 15) is 9.59 Å². The second-order valence-corrected chi connectivity index (χ2v) is 5.88. The van der Waals surface area contributed by atoms with Gasteiger partial charge in [-0.1, -0.05) is 43.6 Å². The number of aliphatic imine (C=N–C) groups is 1. The molecule has 0 saturated heterocycles. The van der Waals surface area contributed by atoms with E-state index in [0.717, 1.165) is 0 Å². The highest BCUT2D eigenvalue weighted by Gasteiger charge is 2.47. The summed E-state index contributed by atoms with van der Waals surface area (Å²) in [6.07, 6.45) is 0.368. The molecule has 5 nitrogen and oxygen atoms in total. The minimum absolute atomic E-state index is 0.0915. The molecule has 1 aliphatic rings. The van der Waals surface area contributed by atoms with Crippen molar-refractivity contribution in [1.82, 2.24) is 0 Å². The number of carboxylic acid groups (broad SMARTS) is 1. The van der Waals surface area contributed by atoms with E-state index in [1.165, 1.54) is 0 Å². The van der Waals surface area contributed by atoms with Crippen molar-refractivity contribution in [3.05, 3.63) is 34.9 Å². The molecule has 0 aliphatic carbocycles. The van der Waals surface area contributed by atoms with Crippen LogP contribution in [0.5, 0.6) is 0 Å². The first-order chi connectivity index (χ1) is 10.9. The molecule has 6 heteroatoms. The molecule has 1 aromatic carbocycles. The van der Waals surface area contributed by atoms with Gasteiger partial charge in [0.05, 0.1) is 6.42 Å². The number of ether oxygens (including phenoxy) is 1. The number of aliphatic carboxylic acids is 1. The number of halogens is 1. The van der Waals surface area contributed by atoms with Crippen molar-refractivity contribution in [3.8, 4) is 0 Å². The van der Waals surface area contributed by atoms with Gasteiger partial charge >= 0.3 is 5.97 Å². The van der Waals surface area contributed by atoms with E-state index in [1.54, 1.807) is 18.2 Å². The fourth-order valence-electron chi connectivity index (χ4n) is 2.81. The molecular formula is C17H20ClNO4. The topological polar surface area (TPSA) is 76.0 Å². The second-order valence-electron chi connectivity index (χ2n) is 5.47. The number of carboxylic acids is 1. The lowest BCUT2D eigenvalue weighted by atomic mass is 9.80. The molecule has 0 aromatic heterocycles. The normalized spacial score (nSPS) is 24.0. The lowest BCUT2D eigenvalue weighted by molar-refractivity contribution is -0.137. The number of hydrogen-bond donors (Lipinski definition) is 1. The molecule has 0 spiro atoms. The monoisotopic (exact) mass is 337 g/mol. The molecule has 23 heavy (non-hydrogen) atoms. The molecule has 0 radical (unpaired) electrons. The van der Waals surface area contributed by atoms with E-state index in [0.29, 0.717) is 29.3 Å². The summed E-state index contributed by atoms with van der Waals surface area (Å²) in [5.74, 6) is -0.753. The molecule has 2 atom stereocenters. The average Bonchev–Trinajstić information content (AvgIpc) is 2.54. The Bertz CT molecular complexity index is 643. The Morgan fingerprint density at radius 1 is 1.39 bits per heavy atom. The molecule has 0 saturated carbocycles. The summed E-state index contributed by atoms with van der Waals surface area (Å²) in [4.78, 5) is 28.3. The van der Waals surface area contributed by atoms with Gasteiger partial charge < -0.3 is 9.84 Å². The maximum absolute atomic E-state index is 12.9. The maximum Gasteiger partial charge on any atom is 0.303 e. The Morgan fingerprint density at radius 2 is 2.09 bits per heavy atom. The SMILES string of the molecule is CCC1OC(CCC(=O)O)=NC(CC)(c2ccccc2Cl)C1=O. The van der Waals surface area contributed by atoms with Gasteiger partial charge in [0.2, 0.25) is 5.78 Å². The van der Waals surface area contributed by atoms with E-state index in [-0.39, 0.29) is 18.6 Å². The first-order valence-electron chi connectivity index (χ1n) is 7.71. The highest BCUT2D eigenvalue weighted by Crippen LogP contribution is 2.40. The van der Waals surface area contributed by atoms with Crippen LogP contribution in [0.4, 0.5) is 0 Å². The number of benzene rings is 1. The van der Waals surface area contributed by atoms with Crippen LogP contribution in [0.15, 0.2) is 29.3 Å². The van der Waals surface area contributed by atoms with Gasteiger partial charge in [0, 0.05) is 17.0 Å². The molecular weight excluding hydrogens is 318 g/mol. The second kappa shape index (κ2) is 7.13. The summed E-state index contributed by atoms with van der Waals surface area (Å²) in [5.41, 5.74) is -0.464. The number of ketones is 1. The van der Waals surface area contributed by atoms with Gasteiger partial charge in [0.15, 0.2) is 17.5 Å². The molecule has 1 aliphatic heterocycles. The number of Topliss-reactive ketones (excluding diaryl/α,β-unsaturated/α-hetero) is 1. The van der Waals surface area contributed by atoms with Crippen LogP contribution in [0.3, 0.4) is 0 Å². The van der Waals surface area contributed by atoms with Gasteiger partial charge in [0.25, 0.3) is 0 Å². The van der Waals surface area contributed by atoms with Gasteiger partial charge in [-0.25, -0.2) is 4.99 Å². The van der Waals surface area contributed by atoms with Gasteiger partial charge in [0.1, 0.15) is 0 Å². The molecule has 124 valence electrons. The molecule has 0 bridgehead atoms. The number of carbonyl (C=O) groups is 2. The van der Waals surface area contributed by atoms with Gasteiger partial charge in [-0.2, -0.15) is 0 Å². The van der Waals surface area contributed by atoms with Gasteiger partial charge in [-0.05, 0) is 18.9 Å². The molecule has 2 rings (SSSR count). The zero-order valence-electron chi connectivity index (χ0n) is 13.2. The standard InChI is InChI=1S/C17H20ClNO4/c1-3-13-16(22)17(4-2,11-7-5-6-8-12(11)18)19-14(23-13)9-10-15(20)21/h5-8,13H,3-4,9-10H2,1-2H3,(H,20,21). The van der Waals surface area contributed by atoms with Crippen molar-refractivity contribution in [2.45, 2.75) is 51.2 Å². The van der Waals surface area contributed by atoms with Crippen LogP contribution in [0.25, 0.3) is 0 Å². The minimum atomic E-state index is -1.11. The van der Waals surface area contributed by atoms with Crippen LogP contribution in [0, 0.1) is 0 Å². The van der Waals surface area contributed by atoms with Crippen LogP contribution in [-0.4, -0.2) is 28.9 Å². The van der Waals surface area contributed by atoms with Crippen LogP contribution < -0.4 is 0 Å². The Hall–Kier alpha value is -1.88. The predicted molar refractivity (Wildman–Crippen MR) is 87.9 cm³/mol. The average molecular weight is 338 g/mol. The lowest BCUT2D eigenvalue weighted by Crippen LogP contribution is -2.47. The number of nitrogens with zero attached hydrogens (tertiary/aromatic N) is 1. The third-order valence-electron chi connectivity index (χ3n) is 4.05. The smallest absolute Gasteiger partial charge is 0.303 e. The largest absolute Gasteiger partial charge is 0.481 e. The first kappa shape index (κ1) is 17.5. The fraction of sp³-hybridized carbons (Fsp3) is 0.471. The Labute approximate surface area is 140 Å². The third kappa shape index (κ3) is 3.39. The van der Waals surface area contributed by atoms with Gasteiger partial charge in [-0.15, -0.1) is 0 Å². The van der Waals surface area contributed by atoms with E-state index < -0.39 is 17.6 Å². The van der Waals surface area contributed by atoms with Crippen LogP contribution in [0.2, 0.25) is 5.02 Å². The Kier molecular flexibility index (Phi) is 5.42. The quantitative estimate of drug-likeness (QED) is 0.860. The summed E-state index contributed by atoms with van der Waals surface area (Å²) in [6, 6.07) is 7.13. The van der Waals surface area contributed by atoms with Crippen molar-refractivity contribution in [1.29, 1.82) is 0 Å². The van der Waals surface area contributed by atoms with E-state index in [1.807, 2.05) is 19.9 Å². The van der Waals surface area contributed by atoms with Crippen molar-refractivity contribution in [2.75, 3.05) is 0 Å². The van der Waals surface area contributed by atoms with Gasteiger partial charge in [-0.3, -0.25) is 9.59 Å². The van der Waals surface area contributed by atoms with E-state index >= 15 is 0 Å². The molecule has 0 amide bonds. The van der Waals surface area contributed by atoms with Crippen molar-refractivity contribution >= 4 is 29.3 Å². The fourth-order valence-corrected chi connectivity index (χ4v) is 3.10. The summed E-state index contributed by atoms with van der Waals surface area (Å²) in [5, 5.41) is 9.34. The van der Waals surface area contributed by atoms with Crippen molar-refractivity contribution in [3.63, 3.8) is 0 Å². The van der Waals surface area contributed by atoms with Crippen LogP contribution >= 0.6 is 11.6 Å². The van der Waals surface area contributed by atoms with Crippen LogP contribution in [-0.2, 0) is 19.9 Å². The van der Waals surface area contributed by atoms with Crippen molar-refractivity contribution < 1.29 is 19.4 Å². The highest BCUT2D eigenvalue weighted by molar-refractivity contribution is 6.31. The van der Waals surface area contributed by atoms with Crippen LogP contribution in [0.1, 0.15) is 45.1 Å². The summed E-state index contributed by atoms with van der Waals surface area (Å²) < 4.78 is 5.61. The highest BCUT2D eigenvalue weighted by atomic mass is 35.5. The lowest BCUT2D eigenvalue weighted by Gasteiger charge is -2.37. The van der Waals surface area contributed by atoms with E-state index in [2.05, 4.69) is 4.99 Å². The summed E-state index contributed by atoms with van der Waals surface area (Å²) in [6.45, 7) is 3.73. The Balaban J connectivity index is 2.52. The zero-order chi connectivity index (χ0) is 17.0. The number of carbonyl (C=O) groups excluding carboxylic acids is 1. The summed E-state index contributed by atoms with van der Waals surface area (Å²) >= 11 is 6.30. The third-order valence-corrected chi connectivity index (χ3v) is 4.38. The molecule has 2 unspecified atom stereocenters.